The van der Waals surface area contributed by atoms with Gasteiger partial charge in [-0.15, -0.1) is 0 Å². The zero-order chi connectivity index (χ0) is 18.8. The first kappa shape index (κ1) is 16.8. The first-order valence-corrected chi connectivity index (χ1v) is 7.23. The van der Waals surface area contributed by atoms with Gasteiger partial charge in [-0.05, 0) is 12.1 Å². The average Bonchev–Trinajstić information content (AvgIpc) is 3.18. The van der Waals surface area contributed by atoms with Crippen LogP contribution in [0, 0.1) is 17.1 Å². The fraction of sp³-hybridized carbons (Fsp3) is 0.0625. The molecule has 1 aromatic carbocycles. The molecule has 0 aliphatic carbocycles. The molecule has 130 valence electrons. The topological polar surface area (TPSA) is 126 Å². The summed E-state index contributed by atoms with van der Waals surface area (Å²) in [5, 5.41) is 28.5. The van der Waals surface area contributed by atoms with Gasteiger partial charge in [0.2, 0.25) is 0 Å². The molecule has 0 saturated heterocycles. The Balaban J connectivity index is 2.06. The molecule has 2 aromatic heterocycles. The lowest BCUT2D eigenvalue weighted by Crippen LogP contribution is -2.21. The van der Waals surface area contributed by atoms with Crippen molar-refractivity contribution in [3.05, 3.63) is 59.3 Å². The Morgan fingerprint density at radius 2 is 2.00 bits per heavy atom. The van der Waals surface area contributed by atoms with Crippen molar-refractivity contribution in [2.45, 2.75) is 0 Å². The molecule has 3 aromatic rings. The van der Waals surface area contributed by atoms with Crippen molar-refractivity contribution in [3.8, 4) is 11.8 Å². The summed E-state index contributed by atoms with van der Waals surface area (Å²) < 4.78 is 16.2. The lowest BCUT2D eigenvalue weighted by Gasteiger charge is -2.11. The van der Waals surface area contributed by atoms with Gasteiger partial charge in [-0.3, -0.25) is 9.48 Å². The highest BCUT2D eigenvalue weighted by atomic mass is 19.1. The number of nitrogens with one attached hydrogen (secondary N) is 1. The molecule has 0 bridgehead atoms. The van der Waals surface area contributed by atoms with E-state index in [1.165, 1.54) is 31.4 Å². The molecule has 0 aliphatic rings. The van der Waals surface area contributed by atoms with E-state index in [-0.39, 0.29) is 28.3 Å². The smallest absolute Gasteiger partial charge is 0.339 e. The third-order valence-electron chi connectivity index (χ3n) is 3.59. The van der Waals surface area contributed by atoms with Crippen LogP contribution in [0.25, 0.3) is 5.69 Å². The quantitative estimate of drug-likeness (QED) is 0.732. The molecule has 2 N–H and O–H groups in total. The molecular formula is C16H11FN6O3. The maximum absolute atomic E-state index is 14.1. The highest BCUT2D eigenvalue weighted by Crippen LogP contribution is 2.22. The number of nitriles is 1. The zero-order valence-corrected chi connectivity index (χ0v) is 13.3. The number of aryl methyl sites for hydroxylation is 1. The van der Waals surface area contributed by atoms with Gasteiger partial charge in [0.15, 0.2) is 5.82 Å². The molecule has 0 saturated carbocycles. The van der Waals surface area contributed by atoms with Gasteiger partial charge in [-0.2, -0.15) is 15.5 Å². The van der Waals surface area contributed by atoms with E-state index in [9.17, 15) is 24.3 Å². The molecule has 0 unspecified atom stereocenters. The Morgan fingerprint density at radius 3 is 2.65 bits per heavy atom. The summed E-state index contributed by atoms with van der Waals surface area (Å²) in [7, 11) is 1.40. The lowest BCUT2D eigenvalue weighted by atomic mass is 10.2. The van der Waals surface area contributed by atoms with Crippen LogP contribution < -0.4 is 5.32 Å². The van der Waals surface area contributed by atoms with E-state index in [1.54, 1.807) is 6.07 Å². The Morgan fingerprint density at radius 1 is 1.27 bits per heavy atom. The van der Waals surface area contributed by atoms with Crippen LogP contribution in [0.4, 0.5) is 10.2 Å². The minimum atomic E-state index is -1.33. The summed E-state index contributed by atoms with van der Waals surface area (Å²) in [4.78, 5) is 23.8. The van der Waals surface area contributed by atoms with E-state index < -0.39 is 17.7 Å². The van der Waals surface area contributed by atoms with E-state index in [2.05, 4.69) is 15.5 Å². The average molecular weight is 354 g/mol. The van der Waals surface area contributed by atoms with Crippen LogP contribution in [-0.2, 0) is 7.05 Å². The molecule has 10 heteroatoms. The van der Waals surface area contributed by atoms with Gasteiger partial charge < -0.3 is 10.4 Å². The molecule has 26 heavy (non-hydrogen) atoms. The van der Waals surface area contributed by atoms with Gasteiger partial charge in [-0.1, -0.05) is 12.1 Å². The second-order valence-corrected chi connectivity index (χ2v) is 5.17. The minimum Gasteiger partial charge on any atom is -0.478 e. The monoisotopic (exact) mass is 354 g/mol. The van der Waals surface area contributed by atoms with Crippen molar-refractivity contribution in [3.63, 3.8) is 0 Å². The highest BCUT2D eigenvalue weighted by Gasteiger charge is 2.24. The SMILES string of the molecule is Cn1ncc(C(=O)O)c1C(=O)Nc1c(C#N)cnn1-c1ccccc1F. The summed E-state index contributed by atoms with van der Waals surface area (Å²) in [6.45, 7) is 0. The van der Waals surface area contributed by atoms with Crippen molar-refractivity contribution >= 4 is 17.7 Å². The van der Waals surface area contributed by atoms with Crippen LogP contribution in [0.5, 0.6) is 0 Å². The van der Waals surface area contributed by atoms with E-state index in [0.29, 0.717) is 0 Å². The number of hydrogen-bond donors (Lipinski definition) is 2. The maximum atomic E-state index is 14.1. The van der Waals surface area contributed by atoms with Gasteiger partial charge in [0, 0.05) is 7.05 Å². The number of benzene rings is 1. The predicted molar refractivity (Wildman–Crippen MR) is 86.4 cm³/mol. The maximum Gasteiger partial charge on any atom is 0.339 e. The molecule has 2 heterocycles. The third kappa shape index (κ3) is 2.78. The Bertz CT molecular complexity index is 1060. The number of carboxylic acid groups (broad SMARTS) is 1. The molecule has 3 rings (SSSR count). The Hall–Kier alpha value is -4.00. The number of carboxylic acids is 1. The molecule has 0 aliphatic heterocycles. The van der Waals surface area contributed by atoms with Crippen LogP contribution in [0.15, 0.2) is 36.7 Å². The van der Waals surface area contributed by atoms with Gasteiger partial charge in [-0.25, -0.2) is 13.9 Å². The summed E-state index contributed by atoms with van der Waals surface area (Å²) in [5.74, 6) is -2.84. The normalized spacial score (nSPS) is 10.3. The van der Waals surface area contributed by atoms with Crippen molar-refractivity contribution in [2.24, 2.45) is 7.05 Å². The van der Waals surface area contributed by atoms with E-state index in [0.717, 1.165) is 15.6 Å². The molecule has 0 atom stereocenters. The fourth-order valence-corrected chi connectivity index (χ4v) is 2.39. The number of carbonyl (C=O) groups is 2. The number of carbonyl (C=O) groups excluding carboxylic acids is 1. The standard InChI is InChI=1S/C16H11FN6O3/c1-22-13(10(8-19-22)16(25)26)15(24)21-14-9(6-18)7-20-23(14)12-5-3-2-4-11(12)17/h2-5,7-8H,1H3,(H,21,24)(H,25,26). The van der Waals surface area contributed by atoms with Gasteiger partial charge >= 0.3 is 5.97 Å². The predicted octanol–water partition coefficient (Wildman–Crippen LogP) is 1.57. The number of amides is 1. The van der Waals surface area contributed by atoms with Crippen molar-refractivity contribution in [2.75, 3.05) is 5.32 Å². The second-order valence-electron chi connectivity index (χ2n) is 5.17. The van der Waals surface area contributed by atoms with Crippen molar-refractivity contribution < 1.29 is 19.1 Å². The number of halogens is 1. The molecule has 0 fully saturated rings. The number of aromatic carboxylic acids is 1. The van der Waals surface area contributed by atoms with Crippen LogP contribution in [-0.4, -0.2) is 36.5 Å². The number of anilines is 1. The Kier molecular flexibility index (Phi) is 4.20. The fourth-order valence-electron chi connectivity index (χ4n) is 2.39. The van der Waals surface area contributed by atoms with Crippen LogP contribution >= 0.6 is 0 Å². The molecule has 0 spiro atoms. The number of para-hydroxylation sites is 1. The molecule has 9 nitrogen and oxygen atoms in total. The minimum absolute atomic E-state index is 0.0133. The number of hydrogen-bond acceptors (Lipinski definition) is 5. The first-order chi connectivity index (χ1) is 12.4. The van der Waals surface area contributed by atoms with Crippen LogP contribution in [0.1, 0.15) is 26.4 Å². The molecule has 0 radical (unpaired) electrons. The van der Waals surface area contributed by atoms with Gasteiger partial charge in [0.1, 0.15) is 34.4 Å². The Labute approximate surface area is 145 Å². The van der Waals surface area contributed by atoms with Gasteiger partial charge in [0.05, 0.1) is 12.4 Å². The molecular weight excluding hydrogens is 343 g/mol. The zero-order valence-electron chi connectivity index (χ0n) is 13.3. The van der Waals surface area contributed by atoms with Crippen LogP contribution in [0.3, 0.4) is 0 Å². The first-order valence-electron chi connectivity index (χ1n) is 7.23. The van der Waals surface area contributed by atoms with Gasteiger partial charge in [0.25, 0.3) is 5.91 Å². The summed E-state index contributed by atoms with van der Waals surface area (Å²) >= 11 is 0. The summed E-state index contributed by atoms with van der Waals surface area (Å²) in [6.07, 6.45) is 2.21. The second kappa shape index (κ2) is 6.48. The lowest BCUT2D eigenvalue weighted by molar-refractivity contribution is 0.0692. The number of aromatic nitrogens is 4. The highest BCUT2D eigenvalue weighted by molar-refractivity contribution is 6.09. The van der Waals surface area contributed by atoms with Crippen molar-refractivity contribution in [1.82, 2.24) is 19.6 Å². The number of rotatable bonds is 4. The van der Waals surface area contributed by atoms with E-state index in [4.69, 9.17) is 0 Å². The van der Waals surface area contributed by atoms with E-state index >= 15 is 0 Å². The third-order valence-corrected chi connectivity index (χ3v) is 3.59. The van der Waals surface area contributed by atoms with E-state index in [1.807, 2.05) is 6.07 Å². The van der Waals surface area contributed by atoms with Crippen molar-refractivity contribution in [1.29, 1.82) is 5.26 Å². The number of nitrogens with zero attached hydrogens (tertiary/aromatic N) is 5. The largest absolute Gasteiger partial charge is 0.478 e. The van der Waals surface area contributed by atoms with Crippen LogP contribution in [0.2, 0.25) is 0 Å². The summed E-state index contributed by atoms with van der Waals surface area (Å²) in [6, 6.07) is 7.54. The summed E-state index contributed by atoms with van der Waals surface area (Å²) in [5.41, 5.74) is -0.517. The molecule has 1 amide bonds.